The van der Waals surface area contributed by atoms with Crippen molar-refractivity contribution in [2.24, 2.45) is 5.73 Å². The number of rotatable bonds is 2. The molecule has 0 radical (unpaired) electrons. The summed E-state index contributed by atoms with van der Waals surface area (Å²) in [5, 5.41) is 7.72. The van der Waals surface area contributed by atoms with Crippen LogP contribution >= 0.6 is 0 Å². The van der Waals surface area contributed by atoms with Crippen LogP contribution in [-0.2, 0) is 4.74 Å². The molecule has 1 aliphatic heterocycles. The van der Waals surface area contributed by atoms with Gasteiger partial charge in [-0.3, -0.25) is 5.41 Å². The number of ether oxygens (including phenoxy) is 1. The number of nitrogens with two attached hydrogens (primary N) is 1. The lowest BCUT2D eigenvalue weighted by atomic mass is 10.1. The Hall–Kier alpha value is -1.62. The highest BCUT2D eigenvalue weighted by molar-refractivity contribution is 6.01. The molecule has 2 rings (SSSR count). The molecule has 0 aliphatic carbocycles. The van der Waals surface area contributed by atoms with Crippen molar-refractivity contribution in [1.82, 2.24) is 4.98 Å². The van der Waals surface area contributed by atoms with E-state index in [4.69, 9.17) is 15.9 Å². The number of aryl methyl sites for hydroxylation is 1. The molecular weight excluding hydrogens is 228 g/mol. The molecule has 0 amide bonds. The summed E-state index contributed by atoms with van der Waals surface area (Å²) in [5.41, 5.74) is 7.41. The maximum Gasteiger partial charge on any atom is 0.139 e. The fourth-order valence-corrected chi connectivity index (χ4v) is 2.30. The molecule has 2 heterocycles. The van der Waals surface area contributed by atoms with Gasteiger partial charge in [0.1, 0.15) is 11.7 Å². The van der Waals surface area contributed by atoms with E-state index in [-0.39, 0.29) is 11.9 Å². The molecule has 1 aliphatic rings. The van der Waals surface area contributed by atoms with Crippen molar-refractivity contribution in [3.05, 3.63) is 23.4 Å². The Morgan fingerprint density at radius 2 is 2.39 bits per heavy atom. The van der Waals surface area contributed by atoms with Gasteiger partial charge in [0.05, 0.1) is 11.7 Å². The highest BCUT2D eigenvalue weighted by Gasteiger charge is 2.20. The minimum Gasteiger partial charge on any atom is -0.384 e. The molecule has 1 aromatic heterocycles. The smallest absolute Gasteiger partial charge is 0.139 e. The summed E-state index contributed by atoms with van der Waals surface area (Å²) in [5.74, 6) is 0.883. The third-order valence-corrected chi connectivity index (χ3v) is 3.16. The van der Waals surface area contributed by atoms with Crippen LogP contribution in [0.15, 0.2) is 12.3 Å². The number of hydrogen-bond donors (Lipinski definition) is 2. The van der Waals surface area contributed by atoms with E-state index in [0.717, 1.165) is 43.1 Å². The zero-order chi connectivity index (χ0) is 13.1. The average molecular weight is 248 g/mol. The second kappa shape index (κ2) is 5.35. The normalized spacial score (nSPS) is 20.6. The molecule has 1 unspecified atom stereocenters. The van der Waals surface area contributed by atoms with Crippen LogP contribution < -0.4 is 10.6 Å². The van der Waals surface area contributed by atoms with Crippen LogP contribution in [0, 0.1) is 12.3 Å². The van der Waals surface area contributed by atoms with E-state index >= 15 is 0 Å². The zero-order valence-corrected chi connectivity index (χ0v) is 10.9. The van der Waals surface area contributed by atoms with E-state index in [0.29, 0.717) is 0 Å². The Morgan fingerprint density at radius 3 is 3.11 bits per heavy atom. The number of aromatic nitrogens is 1. The van der Waals surface area contributed by atoms with Crippen molar-refractivity contribution in [3.63, 3.8) is 0 Å². The summed E-state index contributed by atoms with van der Waals surface area (Å²) in [6, 6.07) is 1.89. The molecule has 0 aromatic carbocycles. The van der Waals surface area contributed by atoms with E-state index in [9.17, 15) is 0 Å². The Morgan fingerprint density at radius 1 is 1.61 bits per heavy atom. The van der Waals surface area contributed by atoms with Crippen molar-refractivity contribution in [3.8, 4) is 0 Å². The molecule has 0 spiro atoms. The van der Waals surface area contributed by atoms with Crippen LogP contribution in [0.25, 0.3) is 0 Å². The average Bonchev–Trinajstić information content (AvgIpc) is 2.53. The number of amidine groups is 1. The fraction of sp³-hybridized carbons (Fsp3) is 0.538. The first-order valence-corrected chi connectivity index (χ1v) is 6.26. The van der Waals surface area contributed by atoms with Gasteiger partial charge in [0.15, 0.2) is 0 Å². The zero-order valence-electron chi connectivity index (χ0n) is 10.9. The molecule has 5 nitrogen and oxygen atoms in total. The first-order valence-electron chi connectivity index (χ1n) is 6.26. The van der Waals surface area contributed by atoms with E-state index < -0.39 is 0 Å². The summed E-state index contributed by atoms with van der Waals surface area (Å²) in [7, 11) is 0. The molecular formula is C13H20N4O. The first kappa shape index (κ1) is 12.8. The lowest BCUT2D eigenvalue weighted by molar-refractivity contribution is 0.0820. The van der Waals surface area contributed by atoms with Crippen LogP contribution in [0.2, 0.25) is 0 Å². The molecule has 0 bridgehead atoms. The number of anilines is 1. The number of nitrogens with one attached hydrogen (secondary N) is 1. The Balaban J connectivity index is 2.37. The van der Waals surface area contributed by atoms with Crippen molar-refractivity contribution in [2.45, 2.75) is 26.4 Å². The molecule has 5 heteroatoms. The Labute approximate surface area is 107 Å². The Bertz CT molecular complexity index is 447. The number of nitrogens with zero attached hydrogens (tertiary/aromatic N) is 2. The predicted molar refractivity (Wildman–Crippen MR) is 72.2 cm³/mol. The summed E-state index contributed by atoms with van der Waals surface area (Å²) in [4.78, 5) is 6.58. The predicted octanol–water partition coefficient (Wildman–Crippen LogP) is 1.29. The van der Waals surface area contributed by atoms with Gasteiger partial charge in [0, 0.05) is 25.9 Å². The fourth-order valence-electron chi connectivity index (χ4n) is 2.30. The van der Waals surface area contributed by atoms with E-state index in [1.54, 1.807) is 6.20 Å². The first-order chi connectivity index (χ1) is 8.59. The number of nitrogen functional groups attached to an aromatic ring is 1. The van der Waals surface area contributed by atoms with E-state index in [1.807, 2.05) is 13.0 Å². The molecule has 98 valence electrons. The standard InChI is InChI=1S/C13H20N4O/c1-9-4-5-16-13(11(9)12(14)15)17-6-3-7-18-10(2)8-17/h4-5,10H,3,6-8H2,1-2H3,(H3,14,15). The van der Waals surface area contributed by atoms with Crippen LogP contribution in [0.1, 0.15) is 24.5 Å². The molecule has 18 heavy (non-hydrogen) atoms. The maximum atomic E-state index is 7.72. The summed E-state index contributed by atoms with van der Waals surface area (Å²) in [6.45, 7) is 6.47. The molecule has 1 aromatic rings. The van der Waals surface area contributed by atoms with Crippen molar-refractivity contribution >= 4 is 11.7 Å². The highest BCUT2D eigenvalue weighted by Crippen LogP contribution is 2.22. The van der Waals surface area contributed by atoms with E-state index in [2.05, 4.69) is 16.8 Å². The third-order valence-electron chi connectivity index (χ3n) is 3.16. The summed E-state index contributed by atoms with van der Waals surface area (Å²) in [6.07, 6.45) is 2.92. The largest absolute Gasteiger partial charge is 0.384 e. The van der Waals surface area contributed by atoms with Gasteiger partial charge < -0.3 is 15.4 Å². The summed E-state index contributed by atoms with van der Waals surface area (Å²) < 4.78 is 5.63. The quantitative estimate of drug-likeness (QED) is 0.611. The monoisotopic (exact) mass is 248 g/mol. The Kier molecular flexibility index (Phi) is 3.81. The lowest BCUT2D eigenvalue weighted by Gasteiger charge is -2.25. The second-order valence-corrected chi connectivity index (χ2v) is 4.72. The second-order valence-electron chi connectivity index (χ2n) is 4.72. The van der Waals surface area contributed by atoms with Crippen molar-refractivity contribution in [2.75, 3.05) is 24.6 Å². The van der Waals surface area contributed by atoms with Crippen molar-refractivity contribution < 1.29 is 4.74 Å². The summed E-state index contributed by atoms with van der Waals surface area (Å²) >= 11 is 0. The number of hydrogen-bond acceptors (Lipinski definition) is 4. The van der Waals surface area contributed by atoms with Crippen LogP contribution in [0.4, 0.5) is 5.82 Å². The van der Waals surface area contributed by atoms with Crippen LogP contribution in [-0.4, -0.2) is 36.6 Å². The molecule has 1 atom stereocenters. The van der Waals surface area contributed by atoms with E-state index in [1.165, 1.54) is 0 Å². The van der Waals surface area contributed by atoms with Gasteiger partial charge >= 0.3 is 0 Å². The van der Waals surface area contributed by atoms with Gasteiger partial charge in [-0.05, 0) is 31.9 Å². The maximum absolute atomic E-state index is 7.72. The topological polar surface area (TPSA) is 75.2 Å². The van der Waals surface area contributed by atoms with Gasteiger partial charge in [-0.15, -0.1) is 0 Å². The number of pyridine rings is 1. The SMILES string of the molecule is Cc1ccnc(N2CCCOC(C)C2)c1C(=N)N. The lowest BCUT2D eigenvalue weighted by Crippen LogP contribution is -2.33. The van der Waals surface area contributed by atoms with Crippen LogP contribution in [0.5, 0.6) is 0 Å². The molecule has 1 saturated heterocycles. The van der Waals surface area contributed by atoms with Gasteiger partial charge in [-0.1, -0.05) is 0 Å². The van der Waals surface area contributed by atoms with Gasteiger partial charge in [-0.2, -0.15) is 0 Å². The van der Waals surface area contributed by atoms with Crippen LogP contribution in [0.3, 0.4) is 0 Å². The molecule has 3 N–H and O–H groups in total. The van der Waals surface area contributed by atoms with Gasteiger partial charge in [-0.25, -0.2) is 4.98 Å². The van der Waals surface area contributed by atoms with Crippen molar-refractivity contribution in [1.29, 1.82) is 5.41 Å². The molecule has 1 fully saturated rings. The van der Waals surface area contributed by atoms with Gasteiger partial charge in [0.25, 0.3) is 0 Å². The minimum atomic E-state index is 0.0772. The third kappa shape index (κ3) is 2.61. The minimum absolute atomic E-state index is 0.0772. The van der Waals surface area contributed by atoms with Gasteiger partial charge in [0.2, 0.25) is 0 Å². The molecule has 0 saturated carbocycles. The highest BCUT2D eigenvalue weighted by atomic mass is 16.5.